The molecule has 0 fully saturated rings. The Morgan fingerprint density at radius 2 is 2.21 bits per heavy atom. The molecule has 0 aliphatic rings. The first-order chi connectivity index (χ1) is 6.79. The van der Waals surface area contributed by atoms with E-state index in [2.05, 4.69) is 52.0 Å². The number of hydrazine groups is 1. The number of rotatable bonds is 3. The predicted octanol–water partition coefficient (Wildman–Crippen LogP) is 2.21. The molecule has 2 nitrogen and oxygen atoms in total. The van der Waals surface area contributed by atoms with Crippen molar-refractivity contribution in [1.29, 1.82) is 0 Å². The lowest BCUT2D eigenvalue weighted by Gasteiger charge is -2.14. The molecule has 74 valence electrons. The van der Waals surface area contributed by atoms with Gasteiger partial charge in [0.05, 0.1) is 6.04 Å². The van der Waals surface area contributed by atoms with Gasteiger partial charge < -0.3 is 0 Å². The molecule has 0 heterocycles. The van der Waals surface area contributed by atoms with Crippen molar-refractivity contribution >= 4 is 22.6 Å². The van der Waals surface area contributed by atoms with E-state index in [1.165, 1.54) is 9.13 Å². The van der Waals surface area contributed by atoms with Gasteiger partial charge in [0.25, 0.3) is 0 Å². The lowest BCUT2D eigenvalue weighted by atomic mass is 10.1. The molecule has 14 heavy (non-hydrogen) atoms. The number of halogens is 1. The molecule has 0 bridgehead atoms. The van der Waals surface area contributed by atoms with E-state index in [4.69, 9.17) is 5.84 Å². The van der Waals surface area contributed by atoms with E-state index in [1.54, 1.807) is 0 Å². The summed E-state index contributed by atoms with van der Waals surface area (Å²) in [4.78, 5) is 0. The predicted molar refractivity (Wildman–Crippen MR) is 67.3 cm³/mol. The zero-order valence-corrected chi connectivity index (χ0v) is 10.2. The number of nitrogens with one attached hydrogen (secondary N) is 1. The second-order valence-corrected chi connectivity index (χ2v) is 4.03. The first-order valence-electron chi connectivity index (χ1n) is 4.39. The molecule has 0 aliphatic carbocycles. The molecular formula is C11H13IN2. The average Bonchev–Trinajstić information content (AvgIpc) is 2.21. The van der Waals surface area contributed by atoms with Crippen LogP contribution in [0.3, 0.4) is 0 Å². The summed E-state index contributed by atoms with van der Waals surface area (Å²) in [7, 11) is 0. The highest BCUT2D eigenvalue weighted by Gasteiger charge is 2.10. The van der Waals surface area contributed by atoms with Gasteiger partial charge in [-0.3, -0.25) is 11.3 Å². The summed E-state index contributed by atoms with van der Waals surface area (Å²) in [5.41, 5.74) is 3.99. The summed E-state index contributed by atoms with van der Waals surface area (Å²) in [5.74, 6) is 11.4. The van der Waals surface area contributed by atoms with E-state index in [9.17, 15) is 0 Å². The second-order valence-electron chi connectivity index (χ2n) is 2.87. The fourth-order valence-corrected chi connectivity index (χ4v) is 1.98. The van der Waals surface area contributed by atoms with Crippen molar-refractivity contribution in [3.63, 3.8) is 0 Å². The molecular weight excluding hydrogens is 287 g/mol. The van der Waals surface area contributed by atoms with Crippen LogP contribution in [0.2, 0.25) is 0 Å². The van der Waals surface area contributed by atoms with Crippen molar-refractivity contribution < 1.29 is 0 Å². The summed E-state index contributed by atoms with van der Waals surface area (Å²) in [6.07, 6.45) is 0.743. The van der Waals surface area contributed by atoms with Gasteiger partial charge in [-0.15, -0.1) is 11.8 Å². The molecule has 0 spiro atoms. The lowest BCUT2D eigenvalue weighted by molar-refractivity contribution is 0.565. The van der Waals surface area contributed by atoms with E-state index in [0.29, 0.717) is 0 Å². The molecule has 3 heteroatoms. The fraction of sp³-hybridized carbons (Fsp3) is 0.273. The van der Waals surface area contributed by atoms with Crippen LogP contribution >= 0.6 is 22.6 Å². The summed E-state index contributed by atoms with van der Waals surface area (Å²) in [5, 5.41) is 0. The maximum Gasteiger partial charge on any atom is 0.0579 e. The Morgan fingerprint density at radius 1 is 1.50 bits per heavy atom. The minimum atomic E-state index is 0.121. The summed E-state index contributed by atoms with van der Waals surface area (Å²) < 4.78 is 1.21. The Labute approximate surface area is 98.4 Å². The zero-order valence-electron chi connectivity index (χ0n) is 8.05. The largest absolute Gasteiger partial charge is 0.271 e. The van der Waals surface area contributed by atoms with Crippen molar-refractivity contribution in [2.45, 2.75) is 19.4 Å². The van der Waals surface area contributed by atoms with Crippen molar-refractivity contribution in [3.05, 3.63) is 33.4 Å². The van der Waals surface area contributed by atoms with Crippen molar-refractivity contribution in [1.82, 2.24) is 5.43 Å². The Bertz CT molecular complexity index is 352. The molecule has 1 aromatic rings. The quantitative estimate of drug-likeness (QED) is 0.389. The highest BCUT2D eigenvalue weighted by molar-refractivity contribution is 14.1. The summed E-state index contributed by atoms with van der Waals surface area (Å²) in [6, 6.07) is 8.30. The second kappa shape index (κ2) is 6.02. The third-order valence-corrected chi connectivity index (χ3v) is 2.95. The Kier molecular flexibility index (Phi) is 4.94. The standard InChI is InChI=1S/C11H13IN2/c1-2-3-8-11(14-13)9-6-4-5-7-10(9)12/h4-7,11,14H,8,13H2,1H3. The van der Waals surface area contributed by atoms with Gasteiger partial charge in [0.15, 0.2) is 0 Å². The maximum atomic E-state index is 5.49. The minimum absolute atomic E-state index is 0.121. The molecule has 0 saturated heterocycles. The van der Waals surface area contributed by atoms with E-state index in [1.807, 2.05) is 19.1 Å². The van der Waals surface area contributed by atoms with Gasteiger partial charge in [0, 0.05) is 9.99 Å². The van der Waals surface area contributed by atoms with Crippen molar-refractivity contribution in [2.24, 2.45) is 5.84 Å². The first-order valence-corrected chi connectivity index (χ1v) is 5.47. The third kappa shape index (κ3) is 2.98. The molecule has 3 N–H and O–H groups in total. The molecule has 1 aromatic carbocycles. The van der Waals surface area contributed by atoms with E-state index >= 15 is 0 Å². The molecule has 1 rings (SSSR count). The highest BCUT2D eigenvalue weighted by atomic mass is 127. The number of nitrogens with two attached hydrogens (primary N) is 1. The van der Waals surface area contributed by atoms with Crippen LogP contribution in [-0.2, 0) is 0 Å². The van der Waals surface area contributed by atoms with Gasteiger partial charge in [-0.25, -0.2) is 0 Å². The average molecular weight is 300 g/mol. The van der Waals surface area contributed by atoms with Gasteiger partial charge >= 0.3 is 0 Å². The normalized spacial score (nSPS) is 11.6. The van der Waals surface area contributed by atoms with Gasteiger partial charge in [0.2, 0.25) is 0 Å². The van der Waals surface area contributed by atoms with Crippen LogP contribution in [0, 0.1) is 15.4 Å². The monoisotopic (exact) mass is 300 g/mol. The van der Waals surface area contributed by atoms with Crippen LogP contribution in [0.15, 0.2) is 24.3 Å². The van der Waals surface area contributed by atoms with Crippen LogP contribution in [0.5, 0.6) is 0 Å². The van der Waals surface area contributed by atoms with Gasteiger partial charge in [0.1, 0.15) is 0 Å². The Balaban J connectivity index is 2.87. The topological polar surface area (TPSA) is 38.0 Å². The van der Waals surface area contributed by atoms with E-state index in [0.717, 1.165) is 6.42 Å². The lowest BCUT2D eigenvalue weighted by Crippen LogP contribution is -2.28. The van der Waals surface area contributed by atoms with Crippen LogP contribution in [0.25, 0.3) is 0 Å². The van der Waals surface area contributed by atoms with Gasteiger partial charge in [-0.1, -0.05) is 18.2 Å². The van der Waals surface area contributed by atoms with Crippen LogP contribution < -0.4 is 11.3 Å². The van der Waals surface area contributed by atoms with Crippen molar-refractivity contribution in [3.8, 4) is 11.8 Å². The molecule has 0 aromatic heterocycles. The molecule has 1 atom stereocenters. The fourth-order valence-electron chi connectivity index (χ4n) is 1.22. The Morgan fingerprint density at radius 3 is 2.79 bits per heavy atom. The van der Waals surface area contributed by atoms with E-state index < -0.39 is 0 Å². The van der Waals surface area contributed by atoms with Crippen LogP contribution in [0.1, 0.15) is 24.9 Å². The SMILES string of the molecule is CC#CCC(NN)c1ccccc1I. The third-order valence-electron chi connectivity index (χ3n) is 1.96. The Hall–Kier alpha value is -0.570. The number of benzene rings is 1. The molecule has 0 saturated carbocycles. The van der Waals surface area contributed by atoms with Crippen LogP contribution in [-0.4, -0.2) is 0 Å². The maximum absolute atomic E-state index is 5.49. The van der Waals surface area contributed by atoms with Crippen LogP contribution in [0.4, 0.5) is 0 Å². The van der Waals surface area contributed by atoms with Crippen molar-refractivity contribution in [2.75, 3.05) is 0 Å². The smallest absolute Gasteiger partial charge is 0.0579 e. The summed E-state index contributed by atoms with van der Waals surface area (Å²) in [6.45, 7) is 1.84. The molecule has 1 unspecified atom stereocenters. The minimum Gasteiger partial charge on any atom is -0.271 e. The van der Waals surface area contributed by atoms with Gasteiger partial charge in [-0.2, -0.15) is 0 Å². The zero-order chi connectivity index (χ0) is 10.4. The van der Waals surface area contributed by atoms with Gasteiger partial charge in [-0.05, 0) is 41.1 Å². The molecule has 0 amide bonds. The molecule has 0 radical (unpaired) electrons. The number of hydrogen-bond acceptors (Lipinski definition) is 2. The van der Waals surface area contributed by atoms with E-state index in [-0.39, 0.29) is 6.04 Å². The first kappa shape index (κ1) is 11.5. The number of hydrogen-bond donors (Lipinski definition) is 2. The highest BCUT2D eigenvalue weighted by Crippen LogP contribution is 2.21. The molecule has 0 aliphatic heterocycles. The summed E-state index contributed by atoms with van der Waals surface area (Å²) >= 11 is 2.31.